The number of hydrogen-bond acceptors (Lipinski definition) is 1. The molecule has 1 nitrogen and oxygen atoms in total. The summed E-state index contributed by atoms with van der Waals surface area (Å²) in [5, 5.41) is 3.55. The fourth-order valence-electron chi connectivity index (χ4n) is 1.86. The SMILES string of the molecule is CCCCC(CC)CNc1c(Br)cccc1Br. The molecule has 1 atom stereocenters. The van der Waals surface area contributed by atoms with Crippen LogP contribution in [0.1, 0.15) is 39.5 Å². The number of anilines is 1. The van der Waals surface area contributed by atoms with Crippen molar-refractivity contribution in [2.24, 2.45) is 5.92 Å². The highest BCUT2D eigenvalue weighted by atomic mass is 79.9. The zero-order valence-corrected chi connectivity index (χ0v) is 13.8. The second-order valence-electron chi connectivity index (χ2n) is 4.39. The van der Waals surface area contributed by atoms with Crippen molar-refractivity contribution in [3.05, 3.63) is 27.1 Å². The van der Waals surface area contributed by atoms with E-state index >= 15 is 0 Å². The third kappa shape index (κ3) is 5.01. The summed E-state index contributed by atoms with van der Waals surface area (Å²) in [6.07, 6.45) is 5.18. The lowest BCUT2D eigenvalue weighted by molar-refractivity contribution is 0.472. The van der Waals surface area contributed by atoms with E-state index in [9.17, 15) is 0 Å². The van der Waals surface area contributed by atoms with Gasteiger partial charge < -0.3 is 5.32 Å². The highest BCUT2D eigenvalue weighted by molar-refractivity contribution is 9.11. The van der Waals surface area contributed by atoms with Crippen LogP contribution in [0.15, 0.2) is 27.1 Å². The molecule has 0 amide bonds. The Labute approximate surface area is 122 Å². The molecule has 96 valence electrons. The van der Waals surface area contributed by atoms with Crippen LogP contribution in [0.5, 0.6) is 0 Å². The first-order valence-corrected chi connectivity index (χ1v) is 7.95. The Morgan fingerprint density at radius 1 is 1.18 bits per heavy atom. The van der Waals surface area contributed by atoms with Gasteiger partial charge in [0.2, 0.25) is 0 Å². The number of nitrogens with one attached hydrogen (secondary N) is 1. The molecule has 1 rings (SSSR count). The minimum atomic E-state index is 0.772. The van der Waals surface area contributed by atoms with E-state index in [2.05, 4.69) is 63.2 Å². The first-order chi connectivity index (χ1) is 8.19. The summed E-state index contributed by atoms with van der Waals surface area (Å²) in [6, 6.07) is 6.17. The molecular weight excluding hydrogens is 342 g/mol. The molecule has 0 bridgehead atoms. The summed E-state index contributed by atoms with van der Waals surface area (Å²) in [7, 11) is 0. The maximum Gasteiger partial charge on any atom is 0.0629 e. The van der Waals surface area contributed by atoms with Crippen LogP contribution in [0.25, 0.3) is 0 Å². The predicted octanol–water partition coefficient (Wildman–Crippen LogP) is 5.84. The minimum Gasteiger partial charge on any atom is -0.383 e. The Morgan fingerprint density at radius 3 is 2.35 bits per heavy atom. The average Bonchev–Trinajstić information content (AvgIpc) is 2.32. The number of halogens is 2. The van der Waals surface area contributed by atoms with Gasteiger partial charge in [0.25, 0.3) is 0 Å². The highest BCUT2D eigenvalue weighted by Crippen LogP contribution is 2.31. The molecule has 0 aliphatic carbocycles. The Kier molecular flexibility index (Phi) is 7.21. The van der Waals surface area contributed by atoms with Crippen molar-refractivity contribution in [3.8, 4) is 0 Å². The Morgan fingerprint density at radius 2 is 1.82 bits per heavy atom. The largest absolute Gasteiger partial charge is 0.383 e. The monoisotopic (exact) mass is 361 g/mol. The van der Waals surface area contributed by atoms with Crippen LogP contribution in [-0.2, 0) is 0 Å². The second-order valence-corrected chi connectivity index (χ2v) is 6.10. The number of rotatable bonds is 7. The number of benzene rings is 1. The van der Waals surface area contributed by atoms with Gasteiger partial charge in [-0.1, -0.05) is 39.2 Å². The smallest absolute Gasteiger partial charge is 0.0629 e. The Bertz CT molecular complexity index is 319. The van der Waals surface area contributed by atoms with Crippen molar-refractivity contribution >= 4 is 37.5 Å². The van der Waals surface area contributed by atoms with Crippen LogP contribution in [0.3, 0.4) is 0 Å². The number of para-hydroxylation sites is 1. The van der Waals surface area contributed by atoms with Gasteiger partial charge in [-0.3, -0.25) is 0 Å². The van der Waals surface area contributed by atoms with Crippen LogP contribution < -0.4 is 5.32 Å². The molecule has 0 fully saturated rings. The van der Waals surface area contributed by atoms with Gasteiger partial charge in [-0.15, -0.1) is 0 Å². The van der Waals surface area contributed by atoms with Crippen LogP contribution >= 0.6 is 31.9 Å². The van der Waals surface area contributed by atoms with Crippen LogP contribution in [0, 0.1) is 5.92 Å². The van der Waals surface area contributed by atoms with E-state index in [1.165, 1.54) is 31.4 Å². The third-order valence-corrected chi connectivity index (χ3v) is 4.40. The normalized spacial score (nSPS) is 12.5. The van der Waals surface area contributed by atoms with Crippen molar-refractivity contribution < 1.29 is 0 Å². The van der Waals surface area contributed by atoms with E-state index in [4.69, 9.17) is 0 Å². The van der Waals surface area contributed by atoms with Crippen LogP contribution in [-0.4, -0.2) is 6.54 Å². The van der Waals surface area contributed by atoms with E-state index in [0.717, 1.165) is 21.4 Å². The van der Waals surface area contributed by atoms with E-state index < -0.39 is 0 Å². The second kappa shape index (κ2) is 8.15. The topological polar surface area (TPSA) is 12.0 Å². The average molecular weight is 363 g/mol. The zero-order chi connectivity index (χ0) is 12.7. The molecule has 1 aromatic carbocycles. The zero-order valence-electron chi connectivity index (χ0n) is 10.6. The number of hydrogen-bond donors (Lipinski definition) is 1. The molecule has 0 radical (unpaired) electrons. The highest BCUT2D eigenvalue weighted by Gasteiger charge is 2.08. The van der Waals surface area contributed by atoms with Crippen molar-refractivity contribution in [3.63, 3.8) is 0 Å². The van der Waals surface area contributed by atoms with E-state index in [1.807, 2.05) is 6.07 Å². The van der Waals surface area contributed by atoms with Gasteiger partial charge in [0.05, 0.1) is 5.69 Å². The molecule has 0 saturated heterocycles. The molecule has 0 heterocycles. The van der Waals surface area contributed by atoms with E-state index in [0.29, 0.717) is 0 Å². The fourth-order valence-corrected chi connectivity index (χ4v) is 3.14. The lowest BCUT2D eigenvalue weighted by atomic mass is 9.99. The van der Waals surface area contributed by atoms with Gasteiger partial charge in [0.1, 0.15) is 0 Å². The van der Waals surface area contributed by atoms with Crippen molar-refractivity contribution in [1.82, 2.24) is 0 Å². The molecular formula is C14H21Br2N. The fraction of sp³-hybridized carbons (Fsp3) is 0.571. The van der Waals surface area contributed by atoms with Crippen LogP contribution in [0.2, 0.25) is 0 Å². The maximum atomic E-state index is 3.58. The van der Waals surface area contributed by atoms with Gasteiger partial charge >= 0.3 is 0 Å². The molecule has 1 N–H and O–H groups in total. The molecule has 0 spiro atoms. The maximum absolute atomic E-state index is 3.58. The molecule has 0 aromatic heterocycles. The Balaban J connectivity index is 2.53. The third-order valence-electron chi connectivity index (χ3n) is 3.07. The lowest BCUT2D eigenvalue weighted by Gasteiger charge is -2.17. The summed E-state index contributed by atoms with van der Waals surface area (Å²) >= 11 is 7.16. The van der Waals surface area contributed by atoms with Crippen molar-refractivity contribution in [2.75, 3.05) is 11.9 Å². The first-order valence-electron chi connectivity index (χ1n) is 6.36. The Hall–Kier alpha value is -0.0200. The van der Waals surface area contributed by atoms with Gasteiger partial charge in [0.15, 0.2) is 0 Å². The molecule has 0 aliphatic rings. The molecule has 1 unspecified atom stereocenters. The van der Waals surface area contributed by atoms with Crippen molar-refractivity contribution in [2.45, 2.75) is 39.5 Å². The molecule has 1 aromatic rings. The molecule has 0 saturated carbocycles. The summed E-state index contributed by atoms with van der Waals surface area (Å²) in [4.78, 5) is 0. The van der Waals surface area contributed by atoms with Gasteiger partial charge in [-0.2, -0.15) is 0 Å². The van der Waals surface area contributed by atoms with Crippen molar-refractivity contribution in [1.29, 1.82) is 0 Å². The predicted molar refractivity (Wildman–Crippen MR) is 83.6 cm³/mol. The van der Waals surface area contributed by atoms with Gasteiger partial charge in [0, 0.05) is 15.5 Å². The van der Waals surface area contributed by atoms with Gasteiger partial charge in [-0.05, 0) is 56.3 Å². The summed E-state index contributed by atoms with van der Waals surface area (Å²) in [6.45, 7) is 5.58. The molecule has 17 heavy (non-hydrogen) atoms. The first kappa shape index (κ1) is 15.0. The summed E-state index contributed by atoms with van der Waals surface area (Å²) in [5.74, 6) is 0.772. The minimum absolute atomic E-state index is 0.772. The molecule has 3 heteroatoms. The van der Waals surface area contributed by atoms with Crippen LogP contribution in [0.4, 0.5) is 5.69 Å². The van der Waals surface area contributed by atoms with E-state index in [-0.39, 0.29) is 0 Å². The number of unbranched alkanes of at least 4 members (excludes halogenated alkanes) is 1. The summed E-state index contributed by atoms with van der Waals surface area (Å²) in [5.41, 5.74) is 1.17. The molecule has 0 aliphatic heterocycles. The van der Waals surface area contributed by atoms with E-state index in [1.54, 1.807) is 0 Å². The standard InChI is InChI=1S/C14H21Br2N/c1-3-5-7-11(4-2)10-17-14-12(15)8-6-9-13(14)16/h6,8-9,11,17H,3-5,7,10H2,1-2H3. The lowest BCUT2D eigenvalue weighted by Crippen LogP contribution is -2.14. The summed E-state index contributed by atoms with van der Waals surface area (Å²) < 4.78 is 2.24. The van der Waals surface area contributed by atoms with Gasteiger partial charge in [-0.25, -0.2) is 0 Å². The quantitative estimate of drug-likeness (QED) is 0.642.